The van der Waals surface area contributed by atoms with Crippen molar-refractivity contribution >= 4 is 35.1 Å². The first kappa shape index (κ1) is 28.0. The molecular weight excluding hydrogens is 492 g/mol. The van der Waals surface area contributed by atoms with Crippen LogP contribution < -0.4 is 5.32 Å². The molecule has 1 aromatic carbocycles. The summed E-state index contributed by atoms with van der Waals surface area (Å²) in [5.41, 5.74) is 2.90. The Hall–Kier alpha value is -2.53. The van der Waals surface area contributed by atoms with Gasteiger partial charge >= 0.3 is 0 Å². The molecule has 2 saturated heterocycles. The fraction of sp³-hybridized carbons (Fsp3) is 0.462. The molecule has 36 heavy (non-hydrogen) atoms. The molecule has 0 spiro atoms. The number of carbonyl (C=O) groups is 1. The van der Waals surface area contributed by atoms with E-state index in [0.29, 0.717) is 25.0 Å². The maximum absolute atomic E-state index is 10.6. The van der Waals surface area contributed by atoms with Crippen molar-refractivity contribution in [3.8, 4) is 22.0 Å². The molecule has 2 N–H and O–H groups in total. The Morgan fingerprint density at radius 1 is 1.03 bits per heavy atom. The lowest BCUT2D eigenvalue weighted by Crippen LogP contribution is -2.35. The van der Waals surface area contributed by atoms with E-state index in [1.54, 1.807) is 18.4 Å². The molecule has 2 fully saturated rings. The van der Waals surface area contributed by atoms with E-state index in [1.807, 2.05) is 56.3 Å². The molecule has 8 nitrogen and oxygen atoms in total. The second kappa shape index (κ2) is 14.3. The first-order chi connectivity index (χ1) is 17.5. The standard InChI is InChI=1S/C19H21N5S2.C5H9NO2.C2H6/c1-25-24-11-8-15(9-12-24)21-19-20-10-7-16(23-19)17-13-26-18(22-17)14-5-3-2-4-6-14;1-6-3-2-4(7)5(6)8;1-2/h2-7,10,13,15H,8-9,11-12H2,1H3,(H,20,21,23);4,7H,2-3H2,1H3;1-2H3. The number of likely N-dealkylation sites (tertiary alicyclic amines) is 1. The van der Waals surface area contributed by atoms with Crippen molar-refractivity contribution in [1.29, 1.82) is 0 Å². The van der Waals surface area contributed by atoms with Gasteiger partial charge in [-0.1, -0.05) is 56.1 Å². The summed E-state index contributed by atoms with van der Waals surface area (Å²) < 4.78 is 2.40. The van der Waals surface area contributed by atoms with Crippen LogP contribution in [0.1, 0.15) is 33.1 Å². The number of aliphatic hydroxyl groups is 1. The molecule has 194 valence electrons. The lowest BCUT2D eigenvalue weighted by molar-refractivity contribution is -0.133. The number of aromatic nitrogens is 3. The topological polar surface area (TPSA) is 94.5 Å². The van der Waals surface area contributed by atoms with E-state index in [0.717, 1.165) is 47.9 Å². The number of anilines is 1. The maximum atomic E-state index is 10.6. The molecule has 1 amide bonds. The van der Waals surface area contributed by atoms with Crippen LogP contribution in [0.4, 0.5) is 5.95 Å². The number of benzene rings is 1. The largest absolute Gasteiger partial charge is 0.383 e. The van der Waals surface area contributed by atoms with Gasteiger partial charge in [-0.05, 0) is 31.6 Å². The normalized spacial score (nSPS) is 18.2. The number of piperidine rings is 1. The molecule has 0 aliphatic carbocycles. The SMILES string of the molecule is CC.CN1CCC(O)C1=O.CSN1CCC(Nc2nccc(-c3csc(-c4ccccc4)n3)n2)CC1. The Labute approximate surface area is 222 Å². The van der Waals surface area contributed by atoms with Crippen molar-refractivity contribution in [3.05, 3.63) is 48.0 Å². The first-order valence-electron chi connectivity index (χ1n) is 12.4. The van der Waals surface area contributed by atoms with Gasteiger partial charge in [0.15, 0.2) is 0 Å². The number of nitrogens with one attached hydrogen (secondary N) is 1. The van der Waals surface area contributed by atoms with Crippen LogP contribution in [0, 0.1) is 0 Å². The molecule has 1 atom stereocenters. The summed E-state index contributed by atoms with van der Waals surface area (Å²) in [7, 11) is 1.69. The van der Waals surface area contributed by atoms with Gasteiger partial charge in [-0.3, -0.25) is 9.10 Å². The Morgan fingerprint density at radius 2 is 1.75 bits per heavy atom. The lowest BCUT2D eigenvalue weighted by atomic mass is 10.1. The van der Waals surface area contributed by atoms with Gasteiger partial charge in [0.1, 0.15) is 16.8 Å². The summed E-state index contributed by atoms with van der Waals surface area (Å²) >= 11 is 3.46. The zero-order chi connectivity index (χ0) is 25.9. The summed E-state index contributed by atoms with van der Waals surface area (Å²) in [5.74, 6) is 0.546. The smallest absolute Gasteiger partial charge is 0.251 e. The van der Waals surface area contributed by atoms with Crippen LogP contribution in [0.25, 0.3) is 22.0 Å². The summed E-state index contributed by atoms with van der Waals surface area (Å²) in [5, 5.41) is 15.3. The average molecular weight is 529 g/mol. The zero-order valence-corrected chi connectivity index (χ0v) is 23.1. The Bertz CT molecular complexity index is 1060. The zero-order valence-electron chi connectivity index (χ0n) is 21.4. The highest BCUT2D eigenvalue weighted by Gasteiger charge is 2.26. The molecular formula is C26H36N6O2S2. The van der Waals surface area contributed by atoms with E-state index in [2.05, 4.69) is 43.4 Å². The van der Waals surface area contributed by atoms with Crippen molar-refractivity contribution in [2.24, 2.45) is 0 Å². The summed E-state index contributed by atoms with van der Waals surface area (Å²) in [6, 6.07) is 12.6. The van der Waals surface area contributed by atoms with Crippen LogP contribution in [0.2, 0.25) is 0 Å². The molecule has 2 aliphatic rings. The predicted molar refractivity (Wildman–Crippen MR) is 150 cm³/mol. The number of nitrogens with zero attached hydrogens (tertiary/aromatic N) is 5. The Balaban J connectivity index is 0.000000305. The molecule has 4 heterocycles. The molecule has 1 unspecified atom stereocenters. The number of thiazole rings is 1. The van der Waals surface area contributed by atoms with Crippen LogP contribution >= 0.6 is 23.3 Å². The first-order valence-corrected chi connectivity index (χ1v) is 14.4. The third-order valence-electron chi connectivity index (χ3n) is 5.89. The highest BCUT2D eigenvalue weighted by atomic mass is 32.2. The van der Waals surface area contributed by atoms with E-state index < -0.39 is 6.10 Å². The van der Waals surface area contributed by atoms with Crippen LogP contribution in [-0.2, 0) is 4.79 Å². The monoisotopic (exact) mass is 528 g/mol. The minimum atomic E-state index is -0.722. The number of rotatable bonds is 5. The highest BCUT2D eigenvalue weighted by molar-refractivity contribution is 7.96. The number of carbonyl (C=O) groups excluding carboxylic acids is 1. The quantitative estimate of drug-likeness (QED) is 0.462. The molecule has 10 heteroatoms. The van der Waals surface area contributed by atoms with Crippen molar-refractivity contribution in [1.82, 2.24) is 24.2 Å². The fourth-order valence-electron chi connectivity index (χ4n) is 3.84. The number of hydrogen-bond donors (Lipinski definition) is 2. The van der Waals surface area contributed by atoms with Gasteiger partial charge in [0, 0.05) is 49.9 Å². The molecule has 0 saturated carbocycles. The van der Waals surface area contributed by atoms with Crippen molar-refractivity contribution in [2.45, 2.75) is 45.3 Å². The van der Waals surface area contributed by atoms with Crippen LogP contribution in [0.5, 0.6) is 0 Å². The summed E-state index contributed by atoms with van der Waals surface area (Å²) in [4.78, 5) is 25.9. The van der Waals surface area contributed by atoms with Crippen molar-refractivity contribution in [2.75, 3.05) is 38.3 Å². The average Bonchev–Trinajstić information content (AvgIpc) is 3.54. The van der Waals surface area contributed by atoms with Gasteiger partial charge in [0.25, 0.3) is 5.91 Å². The minimum absolute atomic E-state index is 0.148. The van der Waals surface area contributed by atoms with Crippen molar-refractivity contribution < 1.29 is 9.90 Å². The minimum Gasteiger partial charge on any atom is -0.383 e. The lowest BCUT2D eigenvalue weighted by Gasteiger charge is -2.30. The van der Waals surface area contributed by atoms with Gasteiger partial charge in [0.2, 0.25) is 5.95 Å². The second-order valence-electron chi connectivity index (χ2n) is 8.26. The summed E-state index contributed by atoms with van der Waals surface area (Å²) in [6.45, 7) is 6.90. The molecule has 3 aromatic rings. The van der Waals surface area contributed by atoms with Crippen LogP contribution in [0.15, 0.2) is 48.0 Å². The molecule has 0 bridgehead atoms. The Morgan fingerprint density at radius 3 is 2.33 bits per heavy atom. The van der Waals surface area contributed by atoms with Gasteiger partial charge in [-0.2, -0.15) is 0 Å². The van der Waals surface area contributed by atoms with E-state index in [1.165, 1.54) is 4.90 Å². The van der Waals surface area contributed by atoms with Crippen LogP contribution in [0.3, 0.4) is 0 Å². The second-order valence-corrected chi connectivity index (χ2v) is 10.0. The molecule has 0 radical (unpaired) electrons. The predicted octanol–water partition coefficient (Wildman–Crippen LogP) is 4.66. The van der Waals surface area contributed by atoms with Gasteiger partial charge in [-0.25, -0.2) is 15.0 Å². The third-order valence-corrected chi connectivity index (χ3v) is 7.66. The third kappa shape index (κ3) is 7.73. The van der Waals surface area contributed by atoms with E-state index in [-0.39, 0.29) is 5.91 Å². The Kier molecular flexibility index (Phi) is 11.1. The number of likely N-dealkylation sites (N-methyl/N-ethyl adjacent to an activating group) is 1. The van der Waals surface area contributed by atoms with Crippen molar-refractivity contribution in [3.63, 3.8) is 0 Å². The van der Waals surface area contributed by atoms with Crippen LogP contribution in [-0.4, -0.2) is 80.3 Å². The molecule has 5 rings (SSSR count). The number of amides is 1. The summed E-state index contributed by atoms with van der Waals surface area (Å²) in [6.07, 6.45) is 6.04. The van der Waals surface area contributed by atoms with Gasteiger partial charge in [0.05, 0.1) is 5.69 Å². The number of aliphatic hydroxyl groups excluding tert-OH is 1. The number of hydrogen-bond acceptors (Lipinski definition) is 9. The van der Waals surface area contributed by atoms with E-state index in [9.17, 15) is 4.79 Å². The highest BCUT2D eigenvalue weighted by Crippen LogP contribution is 2.28. The molecule has 2 aliphatic heterocycles. The van der Waals surface area contributed by atoms with E-state index >= 15 is 0 Å². The fourth-order valence-corrected chi connectivity index (χ4v) is 5.24. The maximum Gasteiger partial charge on any atom is 0.251 e. The molecule has 2 aromatic heterocycles. The van der Waals surface area contributed by atoms with E-state index in [4.69, 9.17) is 10.1 Å². The van der Waals surface area contributed by atoms with Gasteiger partial charge in [-0.15, -0.1) is 11.3 Å². The van der Waals surface area contributed by atoms with Gasteiger partial charge < -0.3 is 15.3 Å².